The van der Waals surface area contributed by atoms with Crippen LogP contribution in [0.5, 0.6) is 0 Å². The van der Waals surface area contributed by atoms with Crippen molar-refractivity contribution in [3.8, 4) is 0 Å². The van der Waals surface area contributed by atoms with Crippen LogP contribution in [0.4, 0.5) is 0 Å². The van der Waals surface area contributed by atoms with E-state index in [1.807, 2.05) is 0 Å². The molecule has 0 amide bonds. The third kappa shape index (κ3) is 18.2. The van der Waals surface area contributed by atoms with Gasteiger partial charge in [-0.2, -0.15) is 0 Å². The summed E-state index contributed by atoms with van der Waals surface area (Å²) < 4.78 is 0. The largest absolute Gasteiger partial charge is 0.252 e. The van der Waals surface area contributed by atoms with Crippen LogP contribution in [-0.4, -0.2) is 12.4 Å². The van der Waals surface area contributed by atoms with Crippen LogP contribution in [0.2, 0.25) is 0 Å². The first-order valence-electron chi connectivity index (χ1n) is 0.591. The van der Waals surface area contributed by atoms with Crippen molar-refractivity contribution in [3.63, 3.8) is 0 Å². The summed E-state index contributed by atoms with van der Waals surface area (Å²) in [4.78, 5) is 3.25. The standard InChI is InChI=1S/CH4O2.Mo/c1-3-2;/h2H,1H3;. The molecule has 4 heavy (non-hydrogen) atoms. The maximum Gasteiger partial charge on any atom is 0.0710 e. The van der Waals surface area contributed by atoms with Crippen LogP contribution in [-0.2, 0) is 26.0 Å². The van der Waals surface area contributed by atoms with E-state index < -0.39 is 0 Å². The van der Waals surface area contributed by atoms with Gasteiger partial charge >= 0.3 is 0 Å². The summed E-state index contributed by atoms with van der Waals surface area (Å²) in [5.74, 6) is 0. The normalized spacial score (nSPS) is 4.50. The molecule has 26 valence electrons. The van der Waals surface area contributed by atoms with E-state index in [1.54, 1.807) is 0 Å². The zero-order chi connectivity index (χ0) is 2.71. The molecule has 0 atom stereocenters. The molecule has 0 aliphatic heterocycles. The van der Waals surface area contributed by atoms with Crippen molar-refractivity contribution < 1.29 is 31.2 Å². The van der Waals surface area contributed by atoms with E-state index in [1.165, 1.54) is 7.11 Å². The van der Waals surface area contributed by atoms with Crippen LogP contribution in [0.15, 0.2) is 0 Å². The summed E-state index contributed by atoms with van der Waals surface area (Å²) >= 11 is 0. The molecule has 0 aliphatic carbocycles. The van der Waals surface area contributed by atoms with Crippen LogP contribution in [0.1, 0.15) is 0 Å². The van der Waals surface area contributed by atoms with Gasteiger partial charge in [-0.15, -0.1) is 0 Å². The van der Waals surface area contributed by atoms with E-state index in [2.05, 4.69) is 4.89 Å². The summed E-state index contributed by atoms with van der Waals surface area (Å²) in [6, 6.07) is 0. The van der Waals surface area contributed by atoms with E-state index >= 15 is 0 Å². The second kappa shape index (κ2) is 9.49. The Bertz CT molecular complexity index is 6.00. The summed E-state index contributed by atoms with van der Waals surface area (Å²) in [5.41, 5.74) is 0. The predicted molar refractivity (Wildman–Crippen MR) is 9.64 cm³/mol. The number of rotatable bonds is 0. The second-order valence-corrected chi connectivity index (χ2v) is 0.183. The number of hydrogen-bond acceptors (Lipinski definition) is 2. The van der Waals surface area contributed by atoms with E-state index in [4.69, 9.17) is 5.26 Å². The van der Waals surface area contributed by atoms with Crippen molar-refractivity contribution in [2.24, 2.45) is 0 Å². The molecule has 0 radical (unpaired) electrons. The summed E-state index contributed by atoms with van der Waals surface area (Å²) in [6.07, 6.45) is 0. The molecule has 0 unspecified atom stereocenters. The zero-order valence-corrected chi connectivity index (χ0v) is 4.27. The predicted octanol–water partition coefficient (Wildman–Crippen LogP) is 0.103. The average Bonchev–Trinajstić information content (AvgIpc) is 0.918. The molecule has 2 nitrogen and oxygen atoms in total. The molecule has 0 aliphatic rings. The van der Waals surface area contributed by atoms with E-state index in [0.29, 0.717) is 0 Å². The third-order valence-corrected chi connectivity index (χ3v) is 0. The van der Waals surface area contributed by atoms with Crippen molar-refractivity contribution in [1.29, 1.82) is 0 Å². The first kappa shape index (κ1) is 8.82. The molecule has 3 heteroatoms. The van der Waals surface area contributed by atoms with Crippen molar-refractivity contribution in [3.05, 3.63) is 0 Å². The molecule has 0 aromatic heterocycles. The van der Waals surface area contributed by atoms with Gasteiger partial charge in [0.25, 0.3) is 0 Å². The maximum absolute atomic E-state index is 7.07. The van der Waals surface area contributed by atoms with Crippen molar-refractivity contribution in [2.45, 2.75) is 0 Å². The molecule has 0 fully saturated rings. The Morgan fingerprint density at radius 2 is 1.75 bits per heavy atom. The summed E-state index contributed by atoms with van der Waals surface area (Å²) in [5, 5.41) is 7.07. The molecule has 1 N–H and O–H groups in total. The second-order valence-electron chi connectivity index (χ2n) is 0.183. The minimum Gasteiger partial charge on any atom is -0.252 e. The van der Waals surface area contributed by atoms with Gasteiger partial charge in [0.1, 0.15) is 0 Å². The topological polar surface area (TPSA) is 29.5 Å². The third-order valence-electron chi connectivity index (χ3n) is 0. The first-order valence-corrected chi connectivity index (χ1v) is 0.591. The van der Waals surface area contributed by atoms with E-state index in [9.17, 15) is 0 Å². The van der Waals surface area contributed by atoms with Crippen LogP contribution in [0, 0.1) is 0 Å². The quantitative estimate of drug-likeness (QED) is 0.297. The van der Waals surface area contributed by atoms with Gasteiger partial charge in [0.2, 0.25) is 0 Å². The first-order chi connectivity index (χ1) is 1.41. The monoisotopic (exact) mass is 146 g/mol. The van der Waals surface area contributed by atoms with Crippen molar-refractivity contribution in [1.82, 2.24) is 0 Å². The van der Waals surface area contributed by atoms with E-state index in [-0.39, 0.29) is 21.1 Å². The smallest absolute Gasteiger partial charge is 0.0710 e. The fourth-order valence-electron chi connectivity index (χ4n) is 0. The van der Waals surface area contributed by atoms with Gasteiger partial charge in [-0.1, -0.05) is 0 Å². The average molecular weight is 144 g/mol. The Morgan fingerprint density at radius 1 is 1.75 bits per heavy atom. The minimum absolute atomic E-state index is 0. The maximum atomic E-state index is 7.07. The van der Waals surface area contributed by atoms with Crippen LogP contribution in [0.25, 0.3) is 0 Å². The van der Waals surface area contributed by atoms with Crippen molar-refractivity contribution >= 4 is 0 Å². The molecule has 0 aromatic carbocycles. The van der Waals surface area contributed by atoms with Crippen molar-refractivity contribution in [2.75, 3.05) is 7.11 Å². The number of hydrogen-bond donors (Lipinski definition) is 1. The van der Waals surface area contributed by atoms with Crippen LogP contribution in [0.3, 0.4) is 0 Å². The molecular formula is CH4MoO2. The molecule has 0 bridgehead atoms. The molecule has 0 spiro atoms. The minimum atomic E-state index is 0. The van der Waals surface area contributed by atoms with Gasteiger partial charge in [-0.25, -0.2) is 4.89 Å². The molecule has 0 aromatic rings. The van der Waals surface area contributed by atoms with Gasteiger partial charge < -0.3 is 0 Å². The van der Waals surface area contributed by atoms with Crippen LogP contribution < -0.4 is 0 Å². The molecule has 0 saturated carbocycles. The molecule has 0 heterocycles. The Labute approximate surface area is 39.0 Å². The van der Waals surface area contributed by atoms with Gasteiger partial charge in [0.15, 0.2) is 0 Å². The summed E-state index contributed by atoms with van der Waals surface area (Å²) in [7, 11) is 1.18. The Kier molecular flexibility index (Phi) is 20.9. The van der Waals surface area contributed by atoms with Crippen LogP contribution >= 0.6 is 0 Å². The van der Waals surface area contributed by atoms with E-state index in [0.717, 1.165) is 0 Å². The van der Waals surface area contributed by atoms with Gasteiger partial charge in [0, 0.05) is 21.1 Å². The molecular weight excluding hydrogens is 140 g/mol. The fraction of sp³-hybridized carbons (Fsp3) is 1.00. The SMILES string of the molecule is COO.[Mo]. The van der Waals surface area contributed by atoms with Gasteiger partial charge in [-0.3, -0.25) is 5.26 Å². The molecule has 0 saturated heterocycles. The van der Waals surface area contributed by atoms with Gasteiger partial charge in [-0.05, 0) is 0 Å². The zero-order valence-electron chi connectivity index (χ0n) is 2.26. The molecule has 0 rings (SSSR count). The Morgan fingerprint density at radius 3 is 1.75 bits per heavy atom. The van der Waals surface area contributed by atoms with Gasteiger partial charge in [0.05, 0.1) is 7.11 Å². The summed E-state index contributed by atoms with van der Waals surface area (Å²) in [6.45, 7) is 0. The Hall–Kier alpha value is 0.608. The fourth-order valence-corrected chi connectivity index (χ4v) is 0. The Balaban J connectivity index is 0.